The largest absolute Gasteiger partial charge is 0.139 e. The van der Waals surface area contributed by atoms with Crippen LogP contribution in [0.5, 0.6) is 0 Å². The van der Waals surface area contributed by atoms with Gasteiger partial charge in [-0.05, 0) is 72.9 Å². The maximum absolute atomic E-state index is 2.38. The fourth-order valence-electron chi connectivity index (χ4n) is 4.15. The molecule has 0 aliphatic carbocycles. The molecule has 4 aromatic heterocycles. The van der Waals surface area contributed by atoms with Crippen molar-refractivity contribution in [1.82, 2.24) is 0 Å². The molecule has 0 bridgehead atoms. The lowest BCUT2D eigenvalue weighted by Gasteiger charge is -2.04. The Balaban J connectivity index is 1.87. The van der Waals surface area contributed by atoms with Gasteiger partial charge < -0.3 is 0 Å². The molecule has 0 atom stereocenters. The Labute approximate surface area is 210 Å². The van der Waals surface area contributed by atoms with Crippen LogP contribution in [0.15, 0.2) is 24.3 Å². The molecule has 0 saturated heterocycles. The number of unbranched alkanes of at least 4 members (excludes halogenated alkanes) is 2. The van der Waals surface area contributed by atoms with E-state index in [-0.39, 0.29) is 0 Å². The molecule has 0 saturated carbocycles. The molecule has 0 radical (unpaired) electrons. The molecular weight excluding hydrogens is 465 g/mol. The lowest BCUT2D eigenvalue weighted by molar-refractivity contribution is 0.800. The highest BCUT2D eigenvalue weighted by atomic mass is 32.1. The van der Waals surface area contributed by atoms with E-state index in [1.165, 1.54) is 58.0 Å². The smallest absolute Gasteiger partial charge is 0.0499 e. The van der Waals surface area contributed by atoms with E-state index in [2.05, 4.69) is 88.5 Å². The normalized spacial score (nSPS) is 12.1. The van der Waals surface area contributed by atoms with E-state index < -0.39 is 0 Å². The van der Waals surface area contributed by atoms with Gasteiger partial charge in [0.2, 0.25) is 0 Å². The molecule has 0 aliphatic rings. The van der Waals surface area contributed by atoms with Gasteiger partial charge in [0.05, 0.1) is 0 Å². The zero-order chi connectivity index (χ0) is 22.8. The average Bonchev–Trinajstić information content (AvgIpc) is 3.53. The summed E-state index contributed by atoms with van der Waals surface area (Å²) in [5, 5.41) is 0. The van der Waals surface area contributed by atoms with E-state index in [4.69, 9.17) is 0 Å². The van der Waals surface area contributed by atoms with Crippen LogP contribution in [-0.2, 0) is 12.8 Å². The number of rotatable bonds is 10. The Bertz CT molecular complexity index is 1070. The SMILES string of the molecule is CCCCc1c(-c2ccc(C(C)C)s2)sc2c(CCCC)c(-c3ccc(C(C)C)s3)sc12. The van der Waals surface area contributed by atoms with Crippen molar-refractivity contribution in [3.63, 3.8) is 0 Å². The van der Waals surface area contributed by atoms with Crippen LogP contribution in [0.4, 0.5) is 0 Å². The van der Waals surface area contributed by atoms with Crippen LogP contribution in [0.2, 0.25) is 0 Å². The summed E-state index contributed by atoms with van der Waals surface area (Å²) < 4.78 is 3.16. The van der Waals surface area contributed by atoms with Crippen molar-refractivity contribution in [3.05, 3.63) is 45.1 Å². The second-order valence-electron chi connectivity index (χ2n) is 9.40. The summed E-state index contributed by atoms with van der Waals surface area (Å²) in [5.74, 6) is 1.21. The van der Waals surface area contributed by atoms with E-state index in [0.717, 1.165) is 0 Å². The highest BCUT2D eigenvalue weighted by Gasteiger charge is 2.24. The average molecular weight is 501 g/mol. The van der Waals surface area contributed by atoms with Crippen molar-refractivity contribution < 1.29 is 0 Å². The topological polar surface area (TPSA) is 0 Å². The summed E-state index contributed by atoms with van der Waals surface area (Å²) >= 11 is 8.18. The third kappa shape index (κ3) is 4.80. The Morgan fingerprint density at radius 2 is 1.00 bits per heavy atom. The minimum Gasteiger partial charge on any atom is -0.139 e. The van der Waals surface area contributed by atoms with Crippen molar-refractivity contribution >= 4 is 54.7 Å². The van der Waals surface area contributed by atoms with Gasteiger partial charge in [0.1, 0.15) is 0 Å². The van der Waals surface area contributed by atoms with Crippen molar-refractivity contribution in [1.29, 1.82) is 0 Å². The number of fused-ring (bicyclic) bond motifs is 1. The molecule has 0 unspecified atom stereocenters. The fourth-order valence-corrected chi connectivity index (χ4v) is 9.47. The molecular formula is C28H36S4. The first-order valence-electron chi connectivity index (χ1n) is 12.2. The van der Waals surface area contributed by atoms with Crippen LogP contribution < -0.4 is 0 Å². The fraction of sp³-hybridized carbons (Fsp3) is 0.500. The van der Waals surface area contributed by atoms with Gasteiger partial charge in [0, 0.05) is 38.7 Å². The third-order valence-corrected chi connectivity index (χ3v) is 12.0. The van der Waals surface area contributed by atoms with Crippen molar-refractivity contribution in [2.75, 3.05) is 0 Å². The van der Waals surface area contributed by atoms with Crippen LogP contribution in [-0.4, -0.2) is 0 Å². The van der Waals surface area contributed by atoms with Crippen LogP contribution in [0.3, 0.4) is 0 Å². The summed E-state index contributed by atoms with van der Waals surface area (Å²) in [7, 11) is 0. The first-order chi connectivity index (χ1) is 15.4. The zero-order valence-corrected chi connectivity index (χ0v) is 23.6. The molecule has 172 valence electrons. The second kappa shape index (κ2) is 10.5. The van der Waals surface area contributed by atoms with Gasteiger partial charge in [0.25, 0.3) is 0 Å². The molecule has 0 aliphatic heterocycles. The molecule has 4 rings (SSSR count). The van der Waals surface area contributed by atoms with Crippen LogP contribution in [0.1, 0.15) is 99.9 Å². The number of thiophene rings is 4. The summed E-state index contributed by atoms with van der Waals surface area (Å²) in [4.78, 5) is 9.07. The quantitative estimate of drug-likeness (QED) is 0.203. The Hall–Kier alpha value is -0.940. The van der Waals surface area contributed by atoms with Crippen molar-refractivity contribution in [2.24, 2.45) is 0 Å². The number of hydrogen-bond donors (Lipinski definition) is 0. The van der Waals surface area contributed by atoms with Gasteiger partial charge in [0.15, 0.2) is 0 Å². The van der Waals surface area contributed by atoms with Crippen LogP contribution in [0, 0.1) is 0 Å². The zero-order valence-electron chi connectivity index (χ0n) is 20.3. The van der Waals surface area contributed by atoms with Gasteiger partial charge >= 0.3 is 0 Å². The van der Waals surface area contributed by atoms with Gasteiger partial charge in [-0.25, -0.2) is 0 Å². The molecule has 0 aromatic carbocycles. The van der Waals surface area contributed by atoms with E-state index in [1.807, 2.05) is 22.7 Å². The van der Waals surface area contributed by atoms with Gasteiger partial charge in [-0.2, -0.15) is 0 Å². The van der Waals surface area contributed by atoms with E-state index in [9.17, 15) is 0 Å². The first-order valence-corrected chi connectivity index (χ1v) is 15.5. The molecule has 0 fully saturated rings. The van der Waals surface area contributed by atoms with Gasteiger partial charge in [-0.15, -0.1) is 45.3 Å². The monoisotopic (exact) mass is 500 g/mol. The summed E-state index contributed by atoms with van der Waals surface area (Å²) in [5.41, 5.74) is 3.25. The molecule has 0 spiro atoms. The Morgan fingerprint density at radius 3 is 1.31 bits per heavy atom. The predicted molar refractivity (Wildman–Crippen MR) is 152 cm³/mol. The molecule has 4 heterocycles. The lowest BCUT2D eigenvalue weighted by Crippen LogP contribution is -1.84. The minimum atomic E-state index is 0.606. The standard InChI is InChI=1S/C28H36S4/c1-7-9-11-19-25(23-15-13-21(29-23)17(3)4)31-28-20(12-10-8-2)26(32-27(19)28)24-16-14-22(30-24)18(5)6/h13-18H,7-12H2,1-6H3. The second-order valence-corrected chi connectivity index (χ2v) is 13.7. The summed E-state index contributed by atoms with van der Waals surface area (Å²) in [6, 6.07) is 9.46. The third-order valence-electron chi connectivity index (χ3n) is 6.11. The highest BCUT2D eigenvalue weighted by molar-refractivity contribution is 7.34. The number of hydrogen-bond acceptors (Lipinski definition) is 4. The van der Waals surface area contributed by atoms with Crippen LogP contribution in [0.25, 0.3) is 28.9 Å². The molecule has 0 amide bonds. The minimum absolute atomic E-state index is 0.606. The molecule has 4 heteroatoms. The summed E-state index contributed by atoms with van der Waals surface area (Å²) in [6.45, 7) is 13.9. The predicted octanol–water partition coefficient (Wildman–Crippen LogP) is 11.4. The summed E-state index contributed by atoms with van der Waals surface area (Å²) in [6.07, 6.45) is 7.46. The van der Waals surface area contributed by atoms with E-state index in [1.54, 1.807) is 30.3 Å². The molecule has 32 heavy (non-hydrogen) atoms. The highest BCUT2D eigenvalue weighted by Crippen LogP contribution is 2.51. The maximum Gasteiger partial charge on any atom is 0.0499 e. The van der Waals surface area contributed by atoms with Crippen LogP contribution >= 0.6 is 45.3 Å². The van der Waals surface area contributed by atoms with Crippen molar-refractivity contribution in [2.45, 2.75) is 91.9 Å². The lowest BCUT2D eigenvalue weighted by atomic mass is 10.1. The number of aryl methyl sites for hydroxylation is 2. The van der Waals surface area contributed by atoms with Gasteiger partial charge in [-0.3, -0.25) is 0 Å². The molecule has 4 aromatic rings. The molecule has 0 N–H and O–H groups in total. The van der Waals surface area contributed by atoms with Crippen molar-refractivity contribution in [3.8, 4) is 19.5 Å². The van der Waals surface area contributed by atoms with E-state index >= 15 is 0 Å². The van der Waals surface area contributed by atoms with Gasteiger partial charge in [-0.1, -0.05) is 54.4 Å². The Morgan fingerprint density at radius 1 is 0.594 bits per heavy atom. The maximum atomic E-state index is 2.38. The molecule has 0 nitrogen and oxygen atoms in total. The first kappa shape index (κ1) is 24.2. The van der Waals surface area contributed by atoms with E-state index in [0.29, 0.717) is 11.8 Å². The Kier molecular flexibility index (Phi) is 7.97.